The molecule has 26 heavy (non-hydrogen) atoms. The van der Waals surface area contributed by atoms with Gasteiger partial charge in [-0.3, -0.25) is 4.79 Å². The van der Waals surface area contributed by atoms with E-state index in [1.54, 1.807) is 18.3 Å². The van der Waals surface area contributed by atoms with Crippen molar-refractivity contribution in [2.24, 2.45) is 0 Å². The molecule has 0 saturated carbocycles. The number of imidazole rings is 1. The van der Waals surface area contributed by atoms with Crippen LogP contribution in [0.5, 0.6) is 0 Å². The highest BCUT2D eigenvalue weighted by Gasteiger charge is 2.11. The second-order valence-corrected chi connectivity index (χ2v) is 6.49. The third-order valence-electron chi connectivity index (χ3n) is 3.62. The highest BCUT2D eigenvalue weighted by atomic mass is 32.2. The minimum Gasteiger partial charge on any atom is -0.337 e. The number of anilines is 1. The summed E-state index contributed by atoms with van der Waals surface area (Å²) < 4.78 is 1.43. The monoisotopic (exact) mass is 363 g/mol. The maximum absolute atomic E-state index is 12.1. The molecule has 7 heteroatoms. The highest BCUT2D eigenvalue weighted by Crippen LogP contribution is 2.22. The van der Waals surface area contributed by atoms with Crippen molar-refractivity contribution in [2.45, 2.75) is 11.6 Å². The van der Waals surface area contributed by atoms with Gasteiger partial charge in [0.05, 0.1) is 30.1 Å². The molecule has 0 radical (unpaired) electrons. The normalized spacial score (nSPS) is 10.3. The summed E-state index contributed by atoms with van der Waals surface area (Å²) >= 11 is 1.27. The van der Waals surface area contributed by atoms with E-state index in [-0.39, 0.29) is 11.7 Å². The lowest BCUT2D eigenvalue weighted by atomic mass is 10.1. The quantitative estimate of drug-likeness (QED) is 0.518. The molecule has 0 aliphatic rings. The number of hydrogen-bond acceptors (Lipinski definition) is 5. The number of rotatable bonds is 6. The highest BCUT2D eigenvalue weighted by molar-refractivity contribution is 7.99. The molecule has 0 saturated heterocycles. The van der Waals surface area contributed by atoms with Crippen LogP contribution in [-0.2, 0) is 11.2 Å². The number of nitrogens with zero attached hydrogens (tertiary/aromatic N) is 3. The largest absolute Gasteiger partial charge is 0.337 e. The Labute approximate surface area is 155 Å². The molecule has 0 unspecified atom stereocenters. The van der Waals surface area contributed by atoms with E-state index in [0.29, 0.717) is 17.3 Å². The summed E-state index contributed by atoms with van der Waals surface area (Å²) in [5, 5.41) is 12.1. The lowest BCUT2D eigenvalue weighted by molar-refractivity contribution is -0.113. The molecular formula is C19H17N5OS. The average Bonchev–Trinajstić information content (AvgIpc) is 3.03. The second-order valence-electron chi connectivity index (χ2n) is 5.55. The molecule has 1 heterocycles. The Hall–Kier alpha value is -3.24. The Morgan fingerprint density at radius 1 is 1.19 bits per heavy atom. The Balaban J connectivity index is 1.58. The first-order valence-electron chi connectivity index (χ1n) is 7.94. The number of nitrogens with two attached hydrogens (primary N) is 1. The smallest absolute Gasteiger partial charge is 0.234 e. The molecule has 0 aliphatic carbocycles. The number of carbonyl (C=O) groups is 1. The molecule has 130 valence electrons. The lowest BCUT2D eigenvalue weighted by Gasteiger charge is -2.05. The summed E-state index contributed by atoms with van der Waals surface area (Å²) in [5.41, 5.74) is 3.35. The van der Waals surface area contributed by atoms with Crippen LogP contribution in [0.1, 0.15) is 5.56 Å². The fraction of sp³-hybridized carbons (Fsp3) is 0.105. The van der Waals surface area contributed by atoms with Gasteiger partial charge in [-0.25, -0.2) is 9.66 Å². The molecule has 1 aromatic heterocycles. The van der Waals surface area contributed by atoms with Crippen LogP contribution < -0.4 is 11.2 Å². The molecular weight excluding hydrogens is 346 g/mol. The zero-order valence-corrected chi connectivity index (χ0v) is 14.7. The molecule has 1 amide bonds. The van der Waals surface area contributed by atoms with Gasteiger partial charge in [-0.05, 0) is 17.7 Å². The van der Waals surface area contributed by atoms with Gasteiger partial charge in [-0.1, -0.05) is 54.2 Å². The van der Waals surface area contributed by atoms with Crippen LogP contribution in [0, 0.1) is 11.3 Å². The molecule has 3 aromatic rings. The minimum absolute atomic E-state index is 0.146. The van der Waals surface area contributed by atoms with E-state index in [0.717, 1.165) is 16.8 Å². The van der Waals surface area contributed by atoms with Crippen molar-refractivity contribution in [3.05, 3.63) is 66.4 Å². The number of nitrogens with one attached hydrogen (secondary N) is 1. The van der Waals surface area contributed by atoms with Crippen LogP contribution in [0.3, 0.4) is 0 Å². The molecule has 2 aromatic carbocycles. The van der Waals surface area contributed by atoms with Crippen LogP contribution >= 0.6 is 11.8 Å². The number of hydrogen-bond donors (Lipinski definition) is 2. The average molecular weight is 363 g/mol. The minimum atomic E-state index is -0.146. The first kappa shape index (κ1) is 17.6. The van der Waals surface area contributed by atoms with Gasteiger partial charge in [0.15, 0.2) is 5.16 Å². The van der Waals surface area contributed by atoms with Crippen molar-refractivity contribution in [2.75, 3.05) is 16.9 Å². The van der Waals surface area contributed by atoms with Crippen molar-refractivity contribution in [1.29, 1.82) is 5.26 Å². The molecule has 0 spiro atoms. The standard InChI is InChI=1S/C19H17N5OS/c20-11-10-14-6-8-16(9-7-14)22-18(25)13-26-19-23-17(12-24(19)21)15-4-2-1-3-5-15/h1-9,12H,10,13,21H2,(H,22,25). The van der Waals surface area contributed by atoms with Crippen molar-refractivity contribution in [3.8, 4) is 17.3 Å². The molecule has 0 fully saturated rings. The van der Waals surface area contributed by atoms with Crippen molar-refractivity contribution in [1.82, 2.24) is 9.66 Å². The van der Waals surface area contributed by atoms with Crippen LogP contribution in [0.15, 0.2) is 66.0 Å². The summed E-state index contributed by atoms with van der Waals surface area (Å²) in [6.45, 7) is 0. The number of nitrogen functional groups attached to an aromatic ring is 1. The third kappa shape index (κ3) is 4.43. The Morgan fingerprint density at radius 2 is 1.92 bits per heavy atom. The van der Waals surface area contributed by atoms with Gasteiger partial charge in [-0.15, -0.1) is 0 Å². The van der Waals surface area contributed by atoms with E-state index < -0.39 is 0 Å². The predicted octanol–water partition coefficient (Wildman–Crippen LogP) is 3.06. The molecule has 6 nitrogen and oxygen atoms in total. The number of nitriles is 1. The Morgan fingerprint density at radius 3 is 2.62 bits per heavy atom. The van der Waals surface area contributed by atoms with Gasteiger partial charge >= 0.3 is 0 Å². The Bertz CT molecular complexity index is 929. The van der Waals surface area contributed by atoms with E-state index in [1.165, 1.54) is 16.4 Å². The van der Waals surface area contributed by atoms with Gasteiger partial charge in [-0.2, -0.15) is 5.26 Å². The summed E-state index contributed by atoms with van der Waals surface area (Å²) in [4.78, 5) is 16.6. The fourth-order valence-electron chi connectivity index (χ4n) is 2.36. The van der Waals surface area contributed by atoms with E-state index in [4.69, 9.17) is 11.1 Å². The first-order chi connectivity index (χ1) is 12.7. The zero-order valence-electron chi connectivity index (χ0n) is 13.9. The summed E-state index contributed by atoms with van der Waals surface area (Å²) in [6.07, 6.45) is 2.09. The first-order valence-corrected chi connectivity index (χ1v) is 8.92. The van der Waals surface area contributed by atoms with Crippen LogP contribution in [0.2, 0.25) is 0 Å². The number of amides is 1. The number of carbonyl (C=O) groups excluding carboxylic acids is 1. The van der Waals surface area contributed by atoms with E-state index in [2.05, 4.69) is 16.4 Å². The number of thioether (sulfide) groups is 1. The Kier molecular flexibility index (Phi) is 5.56. The van der Waals surface area contributed by atoms with Crippen LogP contribution in [-0.4, -0.2) is 21.3 Å². The van der Waals surface area contributed by atoms with Gasteiger partial charge in [0.25, 0.3) is 0 Å². The van der Waals surface area contributed by atoms with Crippen LogP contribution in [0.4, 0.5) is 5.69 Å². The molecule has 0 aliphatic heterocycles. The van der Waals surface area contributed by atoms with Crippen LogP contribution in [0.25, 0.3) is 11.3 Å². The van der Waals surface area contributed by atoms with E-state index >= 15 is 0 Å². The van der Waals surface area contributed by atoms with Crippen molar-refractivity contribution >= 4 is 23.4 Å². The molecule has 0 atom stereocenters. The third-order valence-corrected chi connectivity index (χ3v) is 4.59. The van der Waals surface area contributed by atoms with Gasteiger partial charge in [0, 0.05) is 11.3 Å². The second kappa shape index (κ2) is 8.23. The summed E-state index contributed by atoms with van der Waals surface area (Å²) in [5.74, 6) is 5.99. The number of benzene rings is 2. The summed E-state index contributed by atoms with van der Waals surface area (Å²) in [6, 6.07) is 19.0. The maximum atomic E-state index is 12.1. The number of aromatic nitrogens is 2. The summed E-state index contributed by atoms with van der Waals surface area (Å²) in [7, 11) is 0. The molecule has 0 bridgehead atoms. The van der Waals surface area contributed by atoms with Gasteiger partial charge in [0.2, 0.25) is 5.91 Å². The zero-order chi connectivity index (χ0) is 18.4. The van der Waals surface area contributed by atoms with Crippen molar-refractivity contribution < 1.29 is 4.79 Å². The van der Waals surface area contributed by atoms with Crippen molar-refractivity contribution in [3.63, 3.8) is 0 Å². The predicted molar refractivity (Wildman–Crippen MR) is 103 cm³/mol. The SMILES string of the molecule is N#CCc1ccc(NC(=O)CSc2nc(-c3ccccc3)cn2N)cc1. The maximum Gasteiger partial charge on any atom is 0.234 e. The molecule has 3 N–H and O–H groups in total. The van der Waals surface area contributed by atoms with E-state index in [9.17, 15) is 4.79 Å². The topological polar surface area (TPSA) is 96.7 Å². The van der Waals surface area contributed by atoms with E-state index in [1.807, 2.05) is 42.5 Å². The fourth-order valence-corrected chi connectivity index (χ4v) is 3.05. The van der Waals surface area contributed by atoms with Gasteiger partial charge < -0.3 is 11.2 Å². The molecule has 3 rings (SSSR count). The van der Waals surface area contributed by atoms with Gasteiger partial charge in [0.1, 0.15) is 0 Å². The lowest BCUT2D eigenvalue weighted by Crippen LogP contribution is -2.15.